The summed E-state index contributed by atoms with van der Waals surface area (Å²) in [6, 6.07) is 10.8. The maximum absolute atomic E-state index is 14.4. The van der Waals surface area contributed by atoms with Crippen LogP contribution in [0.3, 0.4) is 0 Å². The second-order valence-electron chi connectivity index (χ2n) is 9.17. The van der Waals surface area contributed by atoms with E-state index in [1.807, 2.05) is 0 Å². The third kappa shape index (κ3) is 7.25. The van der Waals surface area contributed by atoms with Gasteiger partial charge < -0.3 is 10.2 Å². The zero-order valence-corrected chi connectivity index (χ0v) is 21.4. The fourth-order valence-corrected chi connectivity index (χ4v) is 5.39. The zero-order valence-electron chi connectivity index (χ0n) is 20.6. The van der Waals surface area contributed by atoms with Crippen molar-refractivity contribution in [2.75, 3.05) is 17.1 Å². The van der Waals surface area contributed by atoms with Gasteiger partial charge in [0.2, 0.25) is 21.8 Å². The summed E-state index contributed by atoms with van der Waals surface area (Å²) in [5.41, 5.74) is 0.176. The Morgan fingerprint density at radius 3 is 2.25 bits per heavy atom. The first-order valence-electron chi connectivity index (χ1n) is 12.1. The van der Waals surface area contributed by atoms with Crippen LogP contribution in [0.25, 0.3) is 0 Å². The standard InChI is InChI=1S/C26H33F2N3O4S/c1-19(26(33)29-21-11-4-5-12-21)30(18-20-10-3-6-13-22(20)27)25(32)16-9-17-31(36(2,34)35)24-15-8-7-14-23(24)28/h3,6-8,10,13-15,19,21H,4-5,9,11-12,16-18H2,1-2H3,(H,29,33)/t19-/m0/s1. The number of para-hydroxylation sites is 1. The number of carbonyl (C=O) groups is 2. The van der Waals surface area contributed by atoms with Crippen molar-refractivity contribution >= 4 is 27.5 Å². The molecule has 2 aromatic rings. The van der Waals surface area contributed by atoms with Crippen molar-refractivity contribution < 1.29 is 26.8 Å². The lowest BCUT2D eigenvalue weighted by atomic mass is 10.1. The minimum atomic E-state index is -3.80. The molecule has 1 atom stereocenters. The Kier molecular flexibility index (Phi) is 9.42. The Morgan fingerprint density at radius 2 is 1.64 bits per heavy atom. The number of hydrogen-bond acceptors (Lipinski definition) is 4. The van der Waals surface area contributed by atoms with Crippen molar-refractivity contribution in [3.8, 4) is 0 Å². The van der Waals surface area contributed by atoms with Crippen LogP contribution in [0.1, 0.15) is 51.0 Å². The molecule has 0 radical (unpaired) electrons. The minimum absolute atomic E-state index is 0.0643. The fourth-order valence-electron chi connectivity index (χ4n) is 4.42. The number of nitrogens with one attached hydrogen (secondary N) is 1. The highest BCUT2D eigenvalue weighted by atomic mass is 32.2. The van der Waals surface area contributed by atoms with E-state index in [1.165, 1.54) is 35.2 Å². The van der Waals surface area contributed by atoms with E-state index < -0.39 is 33.6 Å². The van der Waals surface area contributed by atoms with E-state index in [9.17, 15) is 26.8 Å². The first-order valence-corrected chi connectivity index (χ1v) is 14.0. The van der Waals surface area contributed by atoms with Crippen molar-refractivity contribution in [2.24, 2.45) is 0 Å². The molecule has 0 aromatic heterocycles. The summed E-state index contributed by atoms with van der Waals surface area (Å²) in [5, 5.41) is 2.98. The normalized spacial score (nSPS) is 14.9. The zero-order chi connectivity index (χ0) is 26.3. The van der Waals surface area contributed by atoms with E-state index in [0.29, 0.717) is 0 Å². The predicted octanol–water partition coefficient (Wildman–Crippen LogP) is 3.99. The molecule has 0 aliphatic heterocycles. The van der Waals surface area contributed by atoms with Gasteiger partial charge in [-0.3, -0.25) is 13.9 Å². The summed E-state index contributed by atoms with van der Waals surface area (Å²) in [6.07, 6.45) is 4.81. The Morgan fingerprint density at radius 1 is 1.03 bits per heavy atom. The number of carbonyl (C=O) groups excluding carboxylic acids is 2. The molecule has 1 aliphatic rings. The molecular weight excluding hydrogens is 488 g/mol. The second-order valence-corrected chi connectivity index (χ2v) is 11.1. The van der Waals surface area contributed by atoms with Gasteiger partial charge in [0.25, 0.3) is 0 Å². The number of rotatable bonds is 11. The number of nitrogens with zero attached hydrogens (tertiary/aromatic N) is 2. The highest BCUT2D eigenvalue weighted by Crippen LogP contribution is 2.23. The van der Waals surface area contributed by atoms with E-state index in [1.54, 1.807) is 25.1 Å². The monoisotopic (exact) mass is 521 g/mol. The number of benzene rings is 2. The number of sulfonamides is 1. The number of amides is 2. The molecule has 1 saturated carbocycles. The molecule has 1 N–H and O–H groups in total. The van der Waals surface area contributed by atoms with Gasteiger partial charge in [-0.1, -0.05) is 43.2 Å². The molecule has 0 heterocycles. The SMILES string of the molecule is C[C@@H](C(=O)NC1CCCC1)N(Cc1ccccc1F)C(=O)CCCN(c1ccccc1F)S(C)(=O)=O. The van der Waals surface area contributed by atoms with Crippen LogP contribution in [0.15, 0.2) is 48.5 Å². The van der Waals surface area contributed by atoms with Gasteiger partial charge in [0.15, 0.2) is 0 Å². The van der Waals surface area contributed by atoms with E-state index in [2.05, 4.69) is 5.32 Å². The molecule has 0 saturated heterocycles. The highest BCUT2D eigenvalue weighted by molar-refractivity contribution is 7.92. The van der Waals surface area contributed by atoms with Gasteiger partial charge in [-0.05, 0) is 44.4 Å². The maximum atomic E-state index is 14.4. The van der Waals surface area contributed by atoms with Crippen LogP contribution >= 0.6 is 0 Å². The molecule has 0 bridgehead atoms. The molecule has 36 heavy (non-hydrogen) atoms. The van der Waals surface area contributed by atoms with Crippen LogP contribution < -0.4 is 9.62 Å². The first kappa shape index (κ1) is 27.6. The quantitative estimate of drug-likeness (QED) is 0.485. The number of hydrogen-bond donors (Lipinski definition) is 1. The van der Waals surface area contributed by atoms with Crippen molar-refractivity contribution in [3.63, 3.8) is 0 Å². The summed E-state index contributed by atoms with van der Waals surface area (Å²) in [7, 11) is -3.80. The Hall–Kier alpha value is -3.01. The molecule has 0 spiro atoms. The van der Waals surface area contributed by atoms with E-state index in [4.69, 9.17) is 0 Å². The summed E-state index contributed by atoms with van der Waals surface area (Å²) < 4.78 is 54.2. The highest BCUT2D eigenvalue weighted by Gasteiger charge is 2.29. The van der Waals surface area contributed by atoms with Crippen LogP contribution in [0, 0.1) is 11.6 Å². The first-order chi connectivity index (χ1) is 17.1. The predicted molar refractivity (Wildman–Crippen MR) is 135 cm³/mol. The maximum Gasteiger partial charge on any atom is 0.242 e. The van der Waals surface area contributed by atoms with Crippen LogP contribution in [-0.4, -0.2) is 50.0 Å². The Bertz CT molecular complexity index is 1170. The summed E-state index contributed by atoms with van der Waals surface area (Å²) >= 11 is 0. The van der Waals surface area contributed by atoms with Crippen LogP contribution in [-0.2, 0) is 26.2 Å². The van der Waals surface area contributed by atoms with E-state index in [-0.39, 0.29) is 49.1 Å². The number of anilines is 1. The van der Waals surface area contributed by atoms with Gasteiger partial charge in [0.1, 0.15) is 17.7 Å². The lowest BCUT2D eigenvalue weighted by Gasteiger charge is -2.30. The van der Waals surface area contributed by atoms with Gasteiger partial charge in [-0.2, -0.15) is 0 Å². The average Bonchev–Trinajstić information content (AvgIpc) is 3.33. The average molecular weight is 522 g/mol. The van der Waals surface area contributed by atoms with Crippen molar-refractivity contribution in [2.45, 2.75) is 64.1 Å². The third-order valence-electron chi connectivity index (χ3n) is 6.44. The van der Waals surface area contributed by atoms with Crippen molar-refractivity contribution in [3.05, 3.63) is 65.7 Å². The molecule has 196 valence electrons. The Labute approximate surface area is 211 Å². The number of halogens is 2. The second kappa shape index (κ2) is 12.3. The molecule has 2 amide bonds. The van der Waals surface area contributed by atoms with Crippen LogP contribution in [0.5, 0.6) is 0 Å². The van der Waals surface area contributed by atoms with Gasteiger partial charge in [-0.15, -0.1) is 0 Å². The van der Waals surface area contributed by atoms with Gasteiger partial charge in [-0.25, -0.2) is 17.2 Å². The summed E-state index contributed by atoms with van der Waals surface area (Å²) in [5.74, 6) is -1.90. The molecular formula is C26H33F2N3O4S. The molecule has 2 aromatic carbocycles. The summed E-state index contributed by atoms with van der Waals surface area (Å²) in [4.78, 5) is 27.5. The van der Waals surface area contributed by atoms with Crippen LogP contribution in [0.2, 0.25) is 0 Å². The lowest BCUT2D eigenvalue weighted by molar-refractivity contribution is -0.141. The fraction of sp³-hybridized carbons (Fsp3) is 0.462. The largest absolute Gasteiger partial charge is 0.352 e. The molecule has 1 fully saturated rings. The van der Waals surface area contributed by atoms with Crippen molar-refractivity contribution in [1.82, 2.24) is 10.2 Å². The van der Waals surface area contributed by atoms with E-state index >= 15 is 0 Å². The topological polar surface area (TPSA) is 86.8 Å². The third-order valence-corrected chi connectivity index (χ3v) is 7.62. The molecule has 0 unspecified atom stereocenters. The molecule has 7 nitrogen and oxygen atoms in total. The smallest absolute Gasteiger partial charge is 0.242 e. The molecule has 3 rings (SSSR count). The van der Waals surface area contributed by atoms with Gasteiger partial charge in [0, 0.05) is 31.1 Å². The minimum Gasteiger partial charge on any atom is -0.352 e. The van der Waals surface area contributed by atoms with Gasteiger partial charge in [0.05, 0.1) is 11.9 Å². The molecule has 10 heteroatoms. The lowest BCUT2D eigenvalue weighted by Crippen LogP contribution is -2.49. The van der Waals surface area contributed by atoms with Crippen molar-refractivity contribution in [1.29, 1.82) is 0 Å². The van der Waals surface area contributed by atoms with Gasteiger partial charge >= 0.3 is 0 Å². The molecule has 1 aliphatic carbocycles. The van der Waals surface area contributed by atoms with E-state index in [0.717, 1.165) is 36.2 Å². The van der Waals surface area contributed by atoms with Crippen LogP contribution in [0.4, 0.5) is 14.5 Å². The summed E-state index contributed by atoms with van der Waals surface area (Å²) in [6.45, 7) is 1.38. The Balaban J connectivity index is 1.73.